The second-order valence-electron chi connectivity index (χ2n) is 20.6. The Hall–Kier alpha value is -6.24. The van der Waals surface area contributed by atoms with E-state index in [-0.39, 0.29) is 23.1 Å². The van der Waals surface area contributed by atoms with Crippen molar-refractivity contribution in [3.63, 3.8) is 0 Å². The molecule has 7 aromatic carbocycles. The summed E-state index contributed by atoms with van der Waals surface area (Å²) in [5, 5.41) is 5.89. The minimum absolute atomic E-state index is 0.00244. The highest BCUT2D eigenvalue weighted by molar-refractivity contribution is 7.25. The molecule has 0 bridgehead atoms. The van der Waals surface area contributed by atoms with E-state index in [2.05, 4.69) is 205 Å². The minimum Gasteiger partial charge on any atom is -0.466 e. The molecule has 3 aromatic heterocycles. The first kappa shape index (κ1) is 37.5. The van der Waals surface area contributed by atoms with Crippen molar-refractivity contribution in [2.45, 2.75) is 78.6 Å². The van der Waals surface area contributed by atoms with Gasteiger partial charge in [0, 0.05) is 59.0 Å². The lowest BCUT2D eigenvalue weighted by atomic mass is 9.45. The maximum atomic E-state index is 7.38. The SMILES string of the molecule is CC(C)(C)c1ccc(N2B3c4oc5ccc(C(C)(C)C)cc5c4N(c4ccc(C(C)(C)C)cc4)c4c3c(cc3c4oc4ccccc43)-c3cc4c(cc32)sc2ccccc24)cc1. The Morgan fingerprint density at radius 1 is 0.468 bits per heavy atom. The molecule has 0 spiro atoms. The molecule has 12 rings (SSSR count). The molecule has 0 aliphatic carbocycles. The maximum Gasteiger partial charge on any atom is 0.376 e. The largest absolute Gasteiger partial charge is 0.466 e. The normalized spacial score (nSPS) is 14.1. The van der Waals surface area contributed by atoms with Crippen LogP contribution in [0.25, 0.3) is 64.2 Å². The van der Waals surface area contributed by atoms with Crippen LogP contribution in [0.5, 0.6) is 0 Å². The predicted molar refractivity (Wildman–Crippen MR) is 266 cm³/mol. The topological polar surface area (TPSA) is 32.8 Å². The molecule has 2 aliphatic heterocycles. The molecule has 4 nitrogen and oxygen atoms in total. The Morgan fingerprint density at radius 2 is 1.06 bits per heavy atom. The zero-order valence-corrected chi connectivity index (χ0v) is 37.7. The molecular formula is C56H49BN2O2S. The van der Waals surface area contributed by atoms with Gasteiger partial charge in [0.2, 0.25) is 0 Å². The summed E-state index contributed by atoms with van der Waals surface area (Å²) in [6, 6.07) is 50.0. The lowest BCUT2D eigenvalue weighted by Gasteiger charge is -2.43. The van der Waals surface area contributed by atoms with Gasteiger partial charge in [-0.25, -0.2) is 0 Å². The number of furan rings is 2. The van der Waals surface area contributed by atoms with Gasteiger partial charge in [-0.2, -0.15) is 0 Å². The first-order chi connectivity index (χ1) is 29.6. The van der Waals surface area contributed by atoms with Gasteiger partial charge in [-0.15, -0.1) is 11.3 Å². The van der Waals surface area contributed by atoms with Crippen LogP contribution in [0.2, 0.25) is 0 Å². The molecule has 10 aromatic rings. The van der Waals surface area contributed by atoms with Gasteiger partial charge in [-0.05, 0) is 111 Å². The number of nitrogens with zero attached hydrogens (tertiary/aromatic N) is 2. The van der Waals surface area contributed by atoms with Crippen LogP contribution in [0, 0.1) is 0 Å². The molecule has 0 unspecified atom stereocenters. The summed E-state index contributed by atoms with van der Waals surface area (Å²) in [6.45, 7) is 20.3. The predicted octanol–water partition coefficient (Wildman–Crippen LogP) is 15.3. The van der Waals surface area contributed by atoms with E-state index >= 15 is 0 Å². The molecule has 0 fully saturated rings. The molecule has 6 heteroatoms. The summed E-state index contributed by atoms with van der Waals surface area (Å²) in [5.74, 6) is 0. The molecule has 62 heavy (non-hydrogen) atoms. The van der Waals surface area contributed by atoms with Crippen LogP contribution >= 0.6 is 11.3 Å². The quantitative estimate of drug-likeness (QED) is 0.163. The molecule has 0 atom stereocenters. The molecule has 0 amide bonds. The van der Waals surface area contributed by atoms with Crippen LogP contribution in [-0.2, 0) is 16.2 Å². The fourth-order valence-corrected chi connectivity index (χ4v) is 11.3. The van der Waals surface area contributed by atoms with E-state index in [1.54, 1.807) is 0 Å². The van der Waals surface area contributed by atoms with Crippen LogP contribution in [0.15, 0.2) is 142 Å². The molecule has 5 heterocycles. The van der Waals surface area contributed by atoms with Crippen LogP contribution in [0.4, 0.5) is 28.4 Å². The number of rotatable bonds is 2. The summed E-state index contributed by atoms with van der Waals surface area (Å²) in [4.78, 5) is 5.04. The monoisotopic (exact) mass is 824 g/mol. The number of thiophene rings is 1. The van der Waals surface area contributed by atoms with Crippen molar-refractivity contribution in [3.05, 3.63) is 150 Å². The summed E-state index contributed by atoms with van der Waals surface area (Å²) in [7, 11) is 0. The van der Waals surface area contributed by atoms with Crippen LogP contribution in [0.3, 0.4) is 0 Å². The Kier molecular flexibility index (Phi) is 7.67. The lowest BCUT2D eigenvalue weighted by molar-refractivity contribution is 0.590. The van der Waals surface area contributed by atoms with Crippen molar-refractivity contribution in [1.29, 1.82) is 0 Å². The van der Waals surface area contributed by atoms with Gasteiger partial charge in [0.1, 0.15) is 16.8 Å². The maximum absolute atomic E-state index is 7.38. The molecule has 304 valence electrons. The fraction of sp³-hybridized carbons (Fsp3) is 0.214. The van der Waals surface area contributed by atoms with Gasteiger partial charge < -0.3 is 18.5 Å². The van der Waals surface area contributed by atoms with Crippen LogP contribution < -0.4 is 20.8 Å². The standard InChI is InChI=1S/C56H49BN2O2S/c1-54(2,3)32-18-23-35(24-19-32)58-50-43-28-34(56(7,8)9)22-27-46(43)61-53(50)57-49-41(30-42-37-14-10-12-16-45(37)60-52(42)51(49)58)39-29-40-38-15-11-13-17-47(38)62-48(40)31-44(39)59(57)36-25-20-33(21-26-36)55(4,5)6/h10-31H,1-9H3. The number of hydrogen-bond acceptors (Lipinski definition) is 5. The Labute approximate surface area is 367 Å². The van der Waals surface area contributed by atoms with Crippen molar-refractivity contribution in [2.24, 2.45) is 0 Å². The van der Waals surface area contributed by atoms with Crippen molar-refractivity contribution in [2.75, 3.05) is 9.71 Å². The van der Waals surface area contributed by atoms with Crippen molar-refractivity contribution >= 4 is 111 Å². The number of benzene rings is 7. The number of anilines is 5. The highest BCUT2D eigenvalue weighted by Crippen LogP contribution is 2.54. The highest BCUT2D eigenvalue weighted by atomic mass is 32.1. The zero-order chi connectivity index (χ0) is 42.6. The minimum atomic E-state index is -0.303. The van der Waals surface area contributed by atoms with E-state index in [0.29, 0.717) is 0 Å². The molecule has 0 N–H and O–H groups in total. The molecule has 2 aliphatic rings. The van der Waals surface area contributed by atoms with Crippen LogP contribution in [0.1, 0.15) is 79.0 Å². The third kappa shape index (κ3) is 5.38. The van der Waals surface area contributed by atoms with Gasteiger partial charge >= 0.3 is 6.85 Å². The summed E-state index contributed by atoms with van der Waals surface area (Å²) in [6.07, 6.45) is 0. The summed E-state index contributed by atoms with van der Waals surface area (Å²) >= 11 is 1.87. The van der Waals surface area contributed by atoms with Crippen molar-refractivity contribution in [3.8, 4) is 11.1 Å². The molecule has 0 radical (unpaired) electrons. The third-order valence-corrected chi connectivity index (χ3v) is 14.6. The van der Waals surface area contributed by atoms with E-state index in [0.717, 1.165) is 61.3 Å². The summed E-state index contributed by atoms with van der Waals surface area (Å²) in [5.41, 5.74) is 16.5. The average Bonchev–Trinajstić information content (AvgIpc) is 3.93. The molecule has 0 saturated heterocycles. The van der Waals surface area contributed by atoms with Crippen molar-refractivity contribution in [1.82, 2.24) is 0 Å². The Morgan fingerprint density at radius 3 is 1.76 bits per heavy atom. The average molecular weight is 825 g/mol. The number of hydrogen-bond donors (Lipinski definition) is 0. The Balaban J connectivity index is 1.27. The van der Waals surface area contributed by atoms with E-state index < -0.39 is 0 Å². The number of fused-ring (bicyclic) bond motifs is 13. The third-order valence-electron chi connectivity index (χ3n) is 13.5. The fourth-order valence-electron chi connectivity index (χ4n) is 10.1. The molecule has 0 saturated carbocycles. The Bertz CT molecular complexity index is 3480. The number of para-hydroxylation sites is 1. The summed E-state index contributed by atoms with van der Waals surface area (Å²) < 4.78 is 17.1. The van der Waals surface area contributed by atoms with E-state index in [1.807, 2.05) is 11.3 Å². The first-order valence-electron chi connectivity index (χ1n) is 21.9. The lowest BCUT2D eigenvalue weighted by Crippen LogP contribution is -2.61. The van der Waals surface area contributed by atoms with Gasteiger partial charge in [-0.1, -0.05) is 129 Å². The van der Waals surface area contributed by atoms with E-state index in [4.69, 9.17) is 8.83 Å². The van der Waals surface area contributed by atoms with E-state index in [1.165, 1.54) is 59.1 Å². The van der Waals surface area contributed by atoms with Gasteiger partial charge in [0.25, 0.3) is 0 Å². The van der Waals surface area contributed by atoms with Crippen LogP contribution in [-0.4, -0.2) is 6.85 Å². The zero-order valence-electron chi connectivity index (χ0n) is 36.9. The van der Waals surface area contributed by atoms with Crippen molar-refractivity contribution < 1.29 is 8.83 Å². The first-order valence-corrected chi connectivity index (χ1v) is 22.8. The highest BCUT2D eigenvalue weighted by Gasteiger charge is 2.50. The smallest absolute Gasteiger partial charge is 0.376 e. The van der Waals surface area contributed by atoms with Gasteiger partial charge in [-0.3, -0.25) is 0 Å². The van der Waals surface area contributed by atoms with Gasteiger partial charge in [0.05, 0.1) is 11.4 Å². The van der Waals surface area contributed by atoms with Gasteiger partial charge in [0.15, 0.2) is 5.58 Å². The second kappa shape index (κ2) is 12.7. The van der Waals surface area contributed by atoms with E-state index in [9.17, 15) is 0 Å². The second-order valence-corrected chi connectivity index (χ2v) is 21.7. The molecular weight excluding hydrogens is 776 g/mol.